The summed E-state index contributed by atoms with van der Waals surface area (Å²) in [5.41, 5.74) is 3.29. The van der Waals surface area contributed by atoms with Crippen LogP contribution in [-0.4, -0.2) is 0 Å². The van der Waals surface area contributed by atoms with Crippen molar-refractivity contribution in [3.63, 3.8) is 0 Å². The Labute approximate surface area is 149 Å². The topological polar surface area (TPSA) is 0 Å². The molecule has 4 rings (SSSR count). The Balaban J connectivity index is 1.86. The minimum atomic E-state index is -0.869. The zero-order chi connectivity index (χ0) is 18.4. The maximum Gasteiger partial charge on any atom is 0.138 e. The van der Waals surface area contributed by atoms with Crippen LogP contribution in [0.5, 0.6) is 0 Å². The van der Waals surface area contributed by atoms with E-state index in [1.165, 1.54) is 6.07 Å². The lowest BCUT2D eigenvalue weighted by atomic mass is 9.97. The van der Waals surface area contributed by atoms with E-state index >= 15 is 4.39 Å². The molecule has 0 spiro atoms. The van der Waals surface area contributed by atoms with Gasteiger partial charge < -0.3 is 0 Å². The molecule has 0 nitrogen and oxygen atoms in total. The fourth-order valence-electron chi connectivity index (χ4n) is 3.73. The van der Waals surface area contributed by atoms with Crippen LogP contribution in [0.1, 0.15) is 30.0 Å². The Morgan fingerprint density at radius 3 is 2.27 bits per heavy atom. The van der Waals surface area contributed by atoms with Crippen LogP contribution in [0.15, 0.2) is 42.5 Å². The summed E-state index contributed by atoms with van der Waals surface area (Å²) >= 11 is 0. The van der Waals surface area contributed by atoms with Crippen molar-refractivity contribution in [1.82, 2.24) is 0 Å². The van der Waals surface area contributed by atoms with Gasteiger partial charge in [-0.05, 0) is 52.4 Å². The van der Waals surface area contributed by atoms with Crippen LogP contribution < -0.4 is 0 Å². The van der Waals surface area contributed by atoms with Gasteiger partial charge in [-0.2, -0.15) is 0 Å². The SMILES string of the molecule is CCCc1ccc2c(c1)Cc1c-2cc(F)c(-c2cc(F)cc(F)c2)c1F. The highest BCUT2D eigenvalue weighted by atomic mass is 19.1. The molecule has 3 aromatic carbocycles. The quantitative estimate of drug-likeness (QED) is 0.371. The molecule has 3 aromatic rings. The van der Waals surface area contributed by atoms with Crippen LogP contribution in [0.25, 0.3) is 22.3 Å². The maximum absolute atomic E-state index is 15.1. The molecule has 0 fully saturated rings. The molecule has 0 heterocycles. The Bertz CT molecular complexity index is 1000. The van der Waals surface area contributed by atoms with Crippen LogP contribution in [-0.2, 0) is 12.8 Å². The van der Waals surface area contributed by atoms with Gasteiger partial charge in [0.25, 0.3) is 0 Å². The second-order valence-electron chi connectivity index (χ2n) is 6.65. The molecule has 0 saturated carbocycles. The fourth-order valence-corrected chi connectivity index (χ4v) is 3.73. The Kier molecular flexibility index (Phi) is 4.06. The largest absolute Gasteiger partial charge is 0.207 e. The third-order valence-electron chi connectivity index (χ3n) is 4.84. The molecular formula is C22H16F4. The van der Waals surface area contributed by atoms with Gasteiger partial charge >= 0.3 is 0 Å². The number of aryl methyl sites for hydroxylation is 1. The van der Waals surface area contributed by atoms with E-state index in [0.717, 1.165) is 41.7 Å². The molecule has 0 amide bonds. The smallest absolute Gasteiger partial charge is 0.138 e. The minimum absolute atomic E-state index is 0.136. The summed E-state index contributed by atoms with van der Waals surface area (Å²) in [5.74, 6) is -3.31. The predicted molar refractivity (Wildman–Crippen MR) is 93.9 cm³/mol. The summed E-state index contributed by atoms with van der Waals surface area (Å²) in [6, 6.07) is 9.73. The molecule has 4 heteroatoms. The van der Waals surface area contributed by atoms with Gasteiger partial charge in [-0.1, -0.05) is 31.5 Å². The van der Waals surface area contributed by atoms with Crippen LogP contribution in [0.4, 0.5) is 17.6 Å². The fraction of sp³-hybridized carbons (Fsp3) is 0.182. The molecule has 1 aliphatic rings. The molecule has 1 aliphatic carbocycles. The van der Waals surface area contributed by atoms with Crippen LogP contribution in [0.2, 0.25) is 0 Å². The summed E-state index contributed by atoms with van der Waals surface area (Å²) in [6.07, 6.45) is 2.28. The average molecular weight is 356 g/mol. The summed E-state index contributed by atoms with van der Waals surface area (Å²) in [4.78, 5) is 0. The third kappa shape index (κ3) is 2.70. The van der Waals surface area contributed by atoms with Crippen LogP contribution in [0, 0.1) is 23.3 Å². The Morgan fingerprint density at radius 2 is 1.58 bits per heavy atom. The summed E-state index contributed by atoms with van der Waals surface area (Å²) < 4.78 is 56.8. The van der Waals surface area contributed by atoms with Crippen LogP contribution in [0.3, 0.4) is 0 Å². The standard InChI is InChI=1S/C22H16F4/c1-2-3-12-4-5-17-13(6-12)9-19-18(17)11-20(25)21(22(19)26)14-7-15(23)10-16(24)8-14/h4-8,10-11H,2-3,9H2,1H3. The van der Waals surface area contributed by atoms with Crippen molar-refractivity contribution in [2.24, 2.45) is 0 Å². The van der Waals surface area contributed by atoms with Gasteiger partial charge in [0.05, 0.1) is 5.56 Å². The van der Waals surface area contributed by atoms with Crippen molar-refractivity contribution in [3.05, 3.63) is 82.4 Å². The molecule has 0 radical (unpaired) electrons. The molecule has 26 heavy (non-hydrogen) atoms. The molecule has 0 aromatic heterocycles. The van der Waals surface area contributed by atoms with E-state index < -0.39 is 23.3 Å². The Hall–Kier alpha value is -2.62. The first-order valence-corrected chi connectivity index (χ1v) is 8.57. The van der Waals surface area contributed by atoms with Gasteiger partial charge in [0.15, 0.2) is 0 Å². The van der Waals surface area contributed by atoms with E-state index in [2.05, 4.69) is 6.92 Å². The second kappa shape index (κ2) is 6.27. The van der Waals surface area contributed by atoms with Gasteiger partial charge in [-0.15, -0.1) is 0 Å². The Morgan fingerprint density at radius 1 is 0.846 bits per heavy atom. The van der Waals surface area contributed by atoms with Gasteiger partial charge in [0, 0.05) is 18.1 Å². The van der Waals surface area contributed by atoms with Gasteiger partial charge in [-0.3, -0.25) is 0 Å². The lowest BCUT2D eigenvalue weighted by Gasteiger charge is -2.11. The third-order valence-corrected chi connectivity index (χ3v) is 4.84. The highest BCUT2D eigenvalue weighted by molar-refractivity contribution is 5.81. The van der Waals surface area contributed by atoms with E-state index in [4.69, 9.17) is 0 Å². The number of rotatable bonds is 3. The van der Waals surface area contributed by atoms with E-state index in [9.17, 15) is 13.2 Å². The number of halogens is 4. The molecule has 0 saturated heterocycles. The van der Waals surface area contributed by atoms with Gasteiger partial charge in [0.2, 0.25) is 0 Å². The van der Waals surface area contributed by atoms with Gasteiger partial charge in [0.1, 0.15) is 23.3 Å². The first-order chi connectivity index (χ1) is 12.5. The summed E-state index contributed by atoms with van der Waals surface area (Å²) in [5, 5.41) is 0. The predicted octanol–water partition coefficient (Wildman–Crippen LogP) is 6.43. The van der Waals surface area contributed by atoms with Crippen molar-refractivity contribution in [3.8, 4) is 22.3 Å². The molecule has 0 atom stereocenters. The summed E-state index contributed by atoms with van der Waals surface area (Å²) in [6.45, 7) is 2.08. The lowest BCUT2D eigenvalue weighted by Crippen LogP contribution is -1.98. The molecule has 0 aliphatic heterocycles. The van der Waals surface area contributed by atoms with Crippen molar-refractivity contribution < 1.29 is 17.6 Å². The zero-order valence-corrected chi connectivity index (χ0v) is 14.2. The average Bonchev–Trinajstić information content (AvgIpc) is 2.92. The minimum Gasteiger partial charge on any atom is -0.207 e. The molecule has 0 N–H and O–H groups in total. The number of fused-ring (bicyclic) bond motifs is 3. The highest BCUT2D eigenvalue weighted by Gasteiger charge is 2.27. The van der Waals surface area contributed by atoms with Crippen molar-refractivity contribution in [1.29, 1.82) is 0 Å². The van der Waals surface area contributed by atoms with Crippen molar-refractivity contribution in [2.45, 2.75) is 26.2 Å². The molecule has 0 unspecified atom stereocenters. The lowest BCUT2D eigenvalue weighted by molar-refractivity contribution is 0.575. The van der Waals surface area contributed by atoms with E-state index in [-0.39, 0.29) is 11.1 Å². The summed E-state index contributed by atoms with van der Waals surface area (Å²) in [7, 11) is 0. The number of benzene rings is 3. The number of hydrogen-bond acceptors (Lipinski definition) is 0. The van der Waals surface area contributed by atoms with E-state index in [0.29, 0.717) is 23.6 Å². The first-order valence-electron chi connectivity index (χ1n) is 8.57. The maximum atomic E-state index is 15.1. The number of hydrogen-bond donors (Lipinski definition) is 0. The zero-order valence-electron chi connectivity index (χ0n) is 14.2. The van der Waals surface area contributed by atoms with Gasteiger partial charge in [-0.25, -0.2) is 17.6 Å². The monoisotopic (exact) mass is 356 g/mol. The van der Waals surface area contributed by atoms with E-state index in [1.54, 1.807) is 0 Å². The molecule has 0 bridgehead atoms. The highest BCUT2D eigenvalue weighted by Crippen LogP contribution is 2.42. The van der Waals surface area contributed by atoms with Crippen molar-refractivity contribution in [2.75, 3.05) is 0 Å². The molecular weight excluding hydrogens is 340 g/mol. The normalized spacial score (nSPS) is 12.2. The van der Waals surface area contributed by atoms with Crippen molar-refractivity contribution >= 4 is 0 Å². The second-order valence-corrected chi connectivity index (χ2v) is 6.65. The molecule has 132 valence electrons. The first kappa shape index (κ1) is 16.8. The van der Waals surface area contributed by atoms with E-state index in [1.807, 2.05) is 18.2 Å². The van der Waals surface area contributed by atoms with Crippen LogP contribution >= 0.6 is 0 Å².